The summed E-state index contributed by atoms with van der Waals surface area (Å²) >= 11 is 10.3. The Morgan fingerprint density at radius 1 is 0.561 bits per heavy atom. The first-order valence-corrected chi connectivity index (χ1v) is 16.7. The van der Waals surface area contributed by atoms with Crippen LogP contribution in [0.2, 0.25) is 5.02 Å². The molecule has 8 rings (SSSR count). The Balaban J connectivity index is 1.42. The summed E-state index contributed by atoms with van der Waals surface area (Å²) in [4.78, 5) is 0. The van der Waals surface area contributed by atoms with Crippen LogP contribution in [-0.4, -0.2) is 12.6 Å². The SMILES string of the molecule is Clc1ccc2c(c1)Oc1ccccc1[Si]2(c1ccc(-n2c3ccccc3c3ccccc32)cc1)c1cccc(Br)c1. The number of hydrogen-bond acceptors (Lipinski definition) is 1. The van der Waals surface area contributed by atoms with Gasteiger partial charge in [0, 0.05) is 26.0 Å². The van der Waals surface area contributed by atoms with Crippen molar-refractivity contribution in [2.45, 2.75) is 0 Å². The maximum atomic E-state index is 6.51. The monoisotopic (exact) mass is 627 g/mol. The third kappa shape index (κ3) is 3.68. The van der Waals surface area contributed by atoms with Crippen molar-refractivity contribution < 1.29 is 4.74 Å². The van der Waals surface area contributed by atoms with E-state index in [2.05, 4.69) is 142 Å². The Hall–Kier alpha value is -4.09. The minimum atomic E-state index is -2.77. The van der Waals surface area contributed by atoms with Gasteiger partial charge in [-0.25, -0.2) is 0 Å². The van der Waals surface area contributed by atoms with Crippen molar-refractivity contribution in [2.75, 3.05) is 0 Å². The van der Waals surface area contributed by atoms with Crippen LogP contribution in [0.1, 0.15) is 0 Å². The normalized spacial score (nSPS) is 15.9. The number of rotatable bonds is 3. The van der Waals surface area contributed by atoms with Gasteiger partial charge in [0.15, 0.2) is 8.07 Å². The largest absolute Gasteiger partial charge is 0.457 e. The van der Waals surface area contributed by atoms with Crippen LogP contribution < -0.4 is 25.5 Å². The number of halogens is 2. The van der Waals surface area contributed by atoms with Gasteiger partial charge >= 0.3 is 0 Å². The second kappa shape index (κ2) is 9.49. The highest BCUT2D eigenvalue weighted by atomic mass is 79.9. The molecule has 41 heavy (non-hydrogen) atoms. The molecule has 196 valence electrons. The summed E-state index contributed by atoms with van der Waals surface area (Å²) in [6.07, 6.45) is 0. The predicted octanol–water partition coefficient (Wildman–Crippen LogP) is 7.68. The van der Waals surface area contributed by atoms with E-state index >= 15 is 0 Å². The van der Waals surface area contributed by atoms with Crippen LogP contribution in [0.15, 0.2) is 144 Å². The first kappa shape index (κ1) is 24.7. The maximum Gasteiger partial charge on any atom is 0.188 e. The van der Waals surface area contributed by atoms with Gasteiger partial charge in [0.05, 0.1) is 11.0 Å². The molecule has 0 spiro atoms. The van der Waals surface area contributed by atoms with Gasteiger partial charge in [0.25, 0.3) is 0 Å². The Morgan fingerprint density at radius 3 is 1.95 bits per heavy atom. The lowest BCUT2D eigenvalue weighted by molar-refractivity contribution is 0.487. The molecule has 0 fully saturated rings. The molecule has 1 aromatic heterocycles. The zero-order valence-corrected chi connectivity index (χ0v) is 25.2. The first-order chi connectivity index (χ1) is 20.1. The molecule has 2 nitrogen and oxygen atoms in total. The van der Waals surface area contributed by atoms with Crippen molar-refractivity contribution in [3.63, 3.8) is 0 Å². The molecule has 2 heterocycles. The Labute approximate surface area is 252 Å². The summed E-state index contributed by atoms with van der Waals surface area (Å²) in [5.41, 5.74) is 3.55. The number of fused-ring (bicyclic) bond motifs is 5. The van der Waals surface area contributed by atoms with Gasteiger partial charge in [-0.1, -0.05) is 112 Å². The topological polar surface area (TPSA) is 14.2 Å². The molecule has 7 aromatic rings. The molecule has 6 aromatic carbocycles. The Kier molecular flexibility index (Phi) is 5.71. The molecule has 0 radical (unpaired) electrons. The maximum absolute atomic E-state index is 6.51. The summed E-state index contributed by atoms with van der Waals surface area (Å²) in [7, 11) is -2.77. The van der Waals surface area contributed by atoms with Gasteiger partial charge in [0.2, 0.25) is 0 Å². The number of para-hydroxylation sites is 3. The highest BCUT2D eigenvalue weighted by molar-refractivity contribution is 9.10. The lowest BCUT2D eigenvalue weighted by Crippen LogP contribution is -2.76. The number of aromatic nitrogens is 1. The van der Waals surface area contributed by atoms with E-state index < -0.39 is 8.07 Å². The fourth-order valence-electron chi connectivity index (χ4n) is 6.59. The molecule has 1 unspecified atom stereocenters. The number of benzene rings is 6. The van der Waals surface area contributed by atoms with E-state index in [1.165, 1.54) is 42.6 Å². The summed E-state index contributed by atoms with van der Waals surface area (Å²) in [6, 6.07) is 49.8. The lowest BCUT2D eigenvalue weighted by Gasteiger charge is -2.39. The second-order valence-corrected chi connectivity index (χ2v) is 15.5. The molecule has 1 aliphatic heterocycles. The van der Waals surface area contributed by atoms with E-state index in [0.29, 0.717) is 5.02 Å². The first-order valence-electron chi connectivity index (χ1n) is 13.6. The molecule has 0 saturated heterocycles. The average Bonchev–Trinajstić information content (AvgIpc) is 3.34. The van der Waals surface area contributed by atoms with E-state index in [9.17, 15) is 0 Å². The van der Waals surface area contributed by atoms with E-state index in [0.717, 1.165) is 21.7 Å². The summed E-state index contributed by atoms with van der Waals surface area (Å²) in [6.45, 7) is 0. The van der Waals surface area contributed by atoms with E-state index in [4.69, 9.17) is 16.3 Å². The summed E-state index contributed by atoms with van der Waals surface area (Å²) in [5.74, 6) is 1.72. The molecule has 0 amide bonds. The minimum Gasteiger partial charge on any atom is -0.457 e. The van der Waals surface area contributed by atoms with Crippen molar-refractivity contribution in [2.24, 2.45) is 0 Å². The van der Waals surface area contributed by atoms with Crippen molar-refractivity contribution >= 4 is 78.2 Å². The van der Waals surface area contributed by atoms with Crippen molar-refractivity contribution in [3.8, 4) is 17.2 Å². The molecular weight excluding hydrogens is 606 g/mol. The zero-order valence-electron chi connectivity index (χ0n) is 21.9. The van der Waals surface area contributed by atoms with Crippen LogP contribution in [-0.2, 0) is 0 Å². The quantitative estimate of drug-likeness (QED) is 0.183. The van der Waals surface area contributed by atoms with Gasteiger partial charge in [-0.15, -0.1) is 0 Å². The molecule has 0 bridgehead atoms. The third-order valence-corrected chi connectivity index (χ3v) is 13.8. The third-order valence-electron chi connectivity index (χ3n) is 8.25. The molecule has 0 aliphatic carbocycles. The molecular formula is C36H23BrClNOSi. The number of ether oxygens (including phenoxy) is 1. The lowest BCUT2D eigenvalue weighted by atomic mass is 10.2. The molecule has 0 N–H and O–H groups in total. The highest BCUT2D eigenvalue weighted by Crippen LogP contribution is 2.33. The van der Waals surface area contributed by atoms with Crippen molar-refractivity contribution in [1.82, 2.24) is 4.57 Å². The summed E-state index contributed by atoms with van der Waals surface area (Å²) < 4.78 is 9.93. The fraction of sp³-hybridized carbons (Fsp3) is 0. The van der Waals surface area contributed by atoms with Gasteiger partial charge < -0.3 is 9.30 Å². The predicted molar refractivity (Wildman–Crippen MR) is 177 cm³/mol. The van der Waals surface area contributed by atoms with E-state index in [-0.39, 0.29) is 0 Å². The van der Waals surface area contributed by atoms with Crippen LogP contribution in [0.3, 0.4) is 0 Å². The van der Waals surface area contributed by atoms with Crippen LogP contribution in [0.25, 0.3) is 27.5 Å². The van der Waals surface area contributed by atoms with Gasteiger partial charge in [-0.05, 0) is 75.3 Å². The number of nitrogens with zero attached hydrogens (tertiary/aromatic N) is 1. The molecule has 5 heteroatoms. The number of hydrogen-bond donors (Lipinski definition) is 0. The van der Waals surface area contributed by atoms with E-state index in [1.54, 1.807) is 0 Å². The highest BCUT2D eigenvalue weighted by Gasteiger charge is 2.48. The Bertz CT molecular complexity index is 2070. The molecule has 1 aliphatic rings. The average molecular weight is 629 g/mol. The van der Waals surface area contributed by atoms with Gasteiger partial charge in [-0.2, -0.15) is 0 Å². The van der Waals surface area contributed by atoms with Crippen LogP contribution in [0, 0.1) is 0 Å². The minimum absolute atomic E-state index is 0.669. The molecule has 1 atom stereocenters. The van der Waals surface area contributed by atoms with E-state index in [1.807, 2.05) is 18.2 Å². The van der Waals surface area contributed by atoms with Crippen molar-refractivity contribution in [1.29, 1.82) is 0 Å². The smallest absolute Gasteiger partial charge is 0.188 e. The van der Waals surface area contributed by atoms with Crippen molar-refractivity contribution in [3.05, 3.63) is 149 Å². The van der Waals surface area contributed by atoms with Gasteiger partial charge in [0.1, 0.15) is 11.5 Å². The Morgan fingerprint density at radius 2 is 1.22 bits per heavy atom. The zero-order chi connectivity index (χ0) is 27.6. The van der Waals surface area contributed by atoms with Crippen LogP contribution in [0.5, 0.6) is 11.5 Å². The standard InChI is InChI=1S/C36H23BrClNOSi/c37-24-8-7-9-28(22-24)41(35-15-6-5-14-33(35)40-34-23-25(38)16-21-36(34)41)27-19-17-26(18-20-27)39-31-12-3-1-10-29(31)30-11-2-4-13-32(30)39/h1-23H. The summed E-state index contributed by atoms with van der Waals surface area (Å²) in [5, 5.41) is 8.20. The van der Waals surface area contributed by atoms with Gasteiger partial charge in [-0.3, -0.25) is 0 Å². The molecule has 0 saturated carbocycles. The van der Waals surface area contributed by atoms with Crippen LogP contribution in [0.4, 0.5) is 0 Å². The van der Waals surface area contributed by atoms with Crippen LogP contribution >= 0.6 is 27.5 Å². The fourth-order valence-corrected chi connectivity index (χ4v) is 12.3. The second-order valence-electron chi connectivity index (χ2n) is 10.4.